The van der Waals surface area contributed by atoms with Gasteiger partial charge < -0.3 is 20.2 Å². The minimum absolute atomic E-state index is 0.194. The summed E-state index contributed by atoms with van der Waals surface area (Å²) in [6, 6.07) is 8.93. The van der Waals surface area contributed by atoms with Crippen LogP contribution < -0.4 is 15.8 Å². The lowest BCUT2D eigenvalue weighted by Gasteiger charge is -2.09. The minimum Gasteiger partial charge on any atom is -0.477 e. The summed E-state index contributed by atoms with van der Waals surface area (Å²) in [6.07, 6.45) is 1.58. The zero-order chi connectivity index (χ0) is 16.2. The molecule has 0 spiro atoms. The van der Waals surface area contributed by atoms with Crippen molar-refractivity contribution in [2.75, 3.05) is 17.7 Å². The molecule has 0 saturated heterocycles. The van der Waals surface area contributed by atoms with E-state index in [0.717, 1.165) is 5.69 Å². The Hall–Kier alpha value is -3.47. The molecule has 3 rings (SSSR count). The molecule has 0 radical (unpaired) electrons. The van der Waals surface area contributed by atoms with Crippen LogP contribution >= 0.6 is 0 Å². The fourth-order valence-electron chi connectivity index (χ4n) is 2.03. The lowest BCUT2D eigenvalue weighted by molar-refractivity contribution is 0.326. The van der Waals surface area contributed by atoms with Crippen molar-refractivity contribution in [3.05, 3.63) is 36.1 Å². The Kier molecular flexibility index (Phi) is 3.84. The molecule has 0 fully saturated rings. The highest BCUT2D eigenvalue weighted by molar-refractivity contribution is 5.68. The molecule has 23 heavy (non-hydrogen) atoms. The van der Waals surface area contributed by atoms with Crippen LogP contribution in [0.5, 0.6) is 5.88 Å². The van der Waals surface area contributed by atoms with Crippen molar-refractivity contribution in [3.63, 3.8) is 0 Å². The SMILES string of the molecule is CCOc1nc(Nc2cc(-c3ccco3)[nH]n2)cc(N)c1C#N. The van der Waals surface area contributed by atoms with Crippen molar-refractivity contribution in [1.29, 1.82) is 5.26 Å². The Labute approximate surface area is 131 Å². The average molecular weight is 310 g/mol. The third-order valence-electron chi connectivity index (χ3n) is 3.03. The molecule has 3 heterocycles. The summed E-state index contributed by atoms with van der Waals surface area (Å²) in [4.78, 5) is 4.25. The molecular weight excluding hydrogens is 296 g/mol. The lowest BCUT2D eigenvalue weighted by Crippen LogP contribution is -2.04. The smallest absolute Gasteiger partial charge is 0.235 e. The molecule has 0 bridgehead atoms. The first-order chi connectivity index (χ1) is 11.2. The topological polar surface area (TPSA) is 126 Å². The Bertz CT molecular complexity index is 847. The number of nitriles is 1. The molecule has 0 unspecified atom stereocenters. The van der Waals surface area contributed by atoms with Gasteiger partial charge in [0.05, 0.1) is 18.6 Å². The van der Waals surface area contributed by atoms with Crippen LogP contribution in [0.1, 0.15) is 12.5 Å². The number of anilines is 3. The molecule has 116 valence electrons. The normalized spacial score (nSPS) is 10.3. The minimum atomic E-state index is 0.194. The van der Waals surface area contributed by atoms with Crippen molar-refractivity contribution in [2.45, 2.75) is 6.92 Å². The number of hydrogen-bond acceptors (Lipinski definition) is 7. The lowest BCUT2D eigenvalue weighted by atomic mass is 10.2. The number of nitrogens with one attached hydrogen (secondary N) is 2. The number of nitrogens with two attached hydrogens (primary N) is 1. The number of nitrogen functional groups attached to an aromatic ring is 1. The maximum absolute atomic E-state index is 9.12. The van der Waals surface area contributed by atoms with Crippen LogP contribution in [0, 0.1) is 11.3 Å². The maximum Gasteiger partial charge on any atom is 0.235 e. The van der Waals surface area contributed by atoms with Gasteiger partial charge in [-0.25, -0.2) is 0 Å². The molecule has 0 aliphatic rings. The second kappa shape index (κ2) is 6.11. The van der Waals surface area contributed by atoms with Gasteiger partial charge in [0.1, 0.15) is 23.1 Å². The third kappa shape index (κ3) is 2.94. The molecule has 3 aromatic heterocycles. The molecule has 0 aliphatic carbocycles. The monoisotopic (exact) mass is 310 g/mol. The summed E-state index contributed by atoms with van der Waals surface area (Å²) in [7, 11) is 0. The number of hydrogen-bond donors (Lipinski definition) is 3. The molecule has 8 heteroatoms. The van der Waals surface area contributed by atoms with E-state index in [-0.39, 0.29) is 17.1 Å². The van der Waals surface area contributed by atoms with E-state index in [9.17, 15) is 0 Å². The van der Waals surface area contributed by atoms with Crippen molar-refractivity contribution >= 4 is 17.3 Å². The number of aromatic amines is 1. The predicted molar refractivity (Wildman–Crippen MR) is 84.1 cm³/mol. The van der Waals surface area contributed by atoms with Crippen molar-refractivity contribution in [2.24, 2.45) is 0 Å². The largest absolute Gasteiger partial charge is 0.477 e. The number of furan rings is 1. The van der Waals surface area contributed by atoms with Gasteiger partial charge in [0.15, 0.2) is 11.6 Å². The van der Waals surface area contributed by atoms with Gasteiger partial charge in [-0.3, -0.25) is 5.10 Å². The van der Waals surface area contributed by atoms with Crippen LogP contribution in [0.4, 0.5) is 17.3 Å². The van der Waals surface area contributed by atoms with Crippen LogP contribution in [-0.2, 0) is 0 Å². The van der Waals surface area contributed by atoms with Gasteiger partial charge in [0.25, 0.3) is 0 Å². The summed E-state index contributed by atoms with van der Waals surface area (Å²) in [5, 5.41) is 19.1. The number of nitrogens with zero attached hydrogens (tertiary/aromatic N) is 3. The van der Waals surface area contributed by atoms with E-state index < -0.39 is 0 Å². The summed E-state index contributed by atoms with van der Waals surface area (Å²) >= 11 is 0. The van der Waals surface area contributed by atoms with Gasteiger partial charge in [-0.1, -0.05) is 0 Å². The van der Waals surface area contributed by atoms with Crippen molar-refractivity contribution < 1.29 is 9.15 Å². The summed E-state index contributed by atoms with van der Waals surface area (Å²) in [5.74, 6) is 1.84. The van der Waals surface area contributed by atoms with Crippen LogP contribution in [0.2, 0.25) is 0 Å². The van der Waals surface area contributed by atoms with E-state index in [1.165, 1.54) is 0 Å². The molecule has 8 nitrogen and oxygen atoms in total. The molecular formula is C15H14N6O2. The summed E-state index contributed by atoms with van der Waals surface area (Å²) < 4.78 is 10.6. The highest BCUT2D eigenvalue weighted by Gasteiger charge is 2.13. The van der Waals surface area contributed by atoms with Crippen molar-refractivity contribution in [3.8, 4) is 23.4 Å². The first-order valence-electron chi connectivity index (χ1n) is 6.91. The second-order valence-corrected chi connectivity index (χ2v) is 4.59. The molecule has 0 atom stereocenters. The highest BCUT2D eigenvalue weighted by Crippen LogP contribution is 2.27. The highest BCUT2D eigenvalue weighted by atomic mass is 16.5. The number of pyridine rings is 1. The van der Waals surface area contributed by atoms with Crippen molar-refractivity contribution in [1.82, 2.24) is 15.2 Å². The average Bonchev–Trinajstić information content (AvgIpc) is 3.18. The van der Waals surface area contributed by atoms with Gasteiger partial charge in [-0.15, -0.1) is 0 Å². The first-order valence-corrected chi connectivity index (χ1v) is 6.91. The summed E-state index contributed by atoms with van der Waals surface area (Å²) in [6.45, 7) is 2.19. The van der Waals surface area contributed by atoms with Crippen LogP contribution in [0.3, 0.4) is 0 Å². The molecule has 3 aromatic rings. The van der Waals surface area contributed by atoms with Gasteiger partial charge in [-0.2, -0.15) is 15.3 Å². The number of rotatable bonds is 5. The Morgan fingerprint density at radius 1 is 1.43 bits per heavy atom. The van der Waals surface area contributed by atoms with Gasteiger partial charge >= 0.3 is 0 Å². The van der Waals surface area contributed by atoms with Gasteiger partial charge in [0, 0.05) is 12.1 Å². The molecule has 0 aliphatic heterocycles. The first kappa shape index (κ1) is 14.5. The Morgan fingerprint density at radius 2 is 2.30 bits per heavy atom. The van der Waals surface area contributed by atoms with E-state index in [4.69, 9.17) is 20.1 Å². The zero-order valence-corrected chi connectivity index (χ0v) is 12.3. The van der Waals surface area contributed by atoms with E-state index in [1.807, 2.05) is 19.1 Å². The second-order valence-electron chi connectivity index (χ2n) is 4.59. The van der Waals surface area contributed by atoms with Crippen LogP contribution in [0.15, 0.2) is 34.9 Å². The van der Waals surface area contributed by atoms with Gasteiger partial charge in [0.2, 0.25) is 5.88 Å². The molecule has 0 amide bonds. The summed E-state index contributed by atoms with van der Waals surface area (Å²) in [5.41, 5.74) is 7.10. The maximum atomic E-state index is 9.12. The standard InChI is InChI=1S/C15H14N6O2/c1-2-22-15-9(8-16)10(17)6-13(19-15)18-14-7-11(20-21-14)12-4-3-5-23-12/h3-7H,2H2,1H3,(H4,17,18,19,20,21). The number of aromatic nitrogens is 3. The van der Waals surface area contributed by atoms with E-state index in [1.54, 1.807) is 24.5 Å². The number of ether oxygens (including phenoxy) is 1. The van der Waals surface area contributed by atoms with E-state index in [0.29, 0.717) is 24.0 Å². The van der Waals surface area contributed by atoms with E-state index >= 15 is 0 Å². The molecule has 0 aromatic carbocycles. The van der Waals surface area contributed by atoms with Crippen LogP contribution in [-0.4, -0.2) is 21.8 Å². The van der Waals surface area contributed by atoms with Gasteiger partial charge in [-0.05, 0) is 19.1 Å². The van der Waals surface area contributed by atoms with Crippen LogP contribution in [0.25, 0.3) is 11.5 Å². The molecule has 4 N–H and O–H groups in total. The predicted octanol–water partition coefficient (Wildman–Crippen LogP) is 2.66. The molecule has 0 saturated carbocycles. The fourth-order valence-corrected chi connectivity index (χ4v) is 2.03. The Balaban J connectivity index is 1.87. The third-order valence-corrected chi connectivity index (χ3v) is 3.03. The fraction of sp³-hybridized carbons (Fsp3) is 0.133. The number of H-pyrrole nitrogens is 1. The van der Waals surface area contributed by atoms with E-state index in [2.05, 4.69) is 20.5 Å². The Morgan fingerprint density at radius 3 is 3.00 bits per heavy atom. The zero-order valence-electron chi connectivity index (χ0n) is 12.3. The quantitative estimate of drug-likeness (QED) is 0.661.